The van der Waals surface area contributed by atoms with Crippen LogP contribution in [0.2, 0.25) is 5.02 Å². The topological polar surface area (TPSA) is 83.5 Å². The lowest BCUT2D eigenvalue weighted by atomic mass is 10.2. The number of halogens is 1. The number of hydrogen-bond acceptors (Lipinski definition) is 3. The Bertz CT molecular complexity index is 557. The molecule has 0 radical (unpaired) electrons. The highest BCUT2D eigenvalue weighted by molar-refractivity contribution is 7.89. The number of aromatic carboxylic acids is 1. The Balaban J connectivity index is 2.84. The molecule has 0 heterocycles. The van der Waals surface area contributed by atoms with Crippen molar-refractivity contribution in [3.8, 4) is 0 Å². The molecule has 0 spiro atoms. The van der Waals surface area contributed by atoms with E-state index in [1.54, 1.807) is 0 Å². The fraction of sp³-hybridized carbons (Fsp3) is 0.417. The lowest BCUT2D eigenvalue weighted by molar-refractivity contribution is 0.0697. The molecule has 1 aromatic rings. The Morgan fingerprint density at radius 2 is 2.05 bits per heavy atom. The average Bonchev–Trinajstić information content (AvgIpc) is 2.34. The fourth-order valence-electron chi connectivity index (χ4n) is 1.50. The van der Waals surface area contributed by atoms with Crippen LogP contribution in [0.15, 0.2) is 23.1 Å². The first-order valence-corrected chi connectivity index (χ1v) is 7.77. The van der Waals surface area contributed by atoms with Gasteiger partial charge in [0.2, 0.25) is 10.0 Å². The van der Waals surface area contributed by atoms with E-state index < -0.39 is 16.0 Å². The van der Waals surface area contributed by atoms with E-state index in [0.29, 0.717) is 6.54 Å². The summed E-state index contributed by atoms with van der Waals surface area (Å²) in [5, 5.41) is 8.72. The zero-order valence-electron chi connectivity index (χ0n) is 10.5. The van der Waals surface area contributed by atoms with Gasteiger partial charge in [-0.25, -0.2) is 17.9 Å². The summed E-state index contributed by atoms with van der Waals surface area (Å²) >= 11 is 5.74. The van der Waals surface area contributed by atoms with Crippen molar-refractivity contribution >= 4 is 27.6 Å². The number of carbonyl (C=O) groups is 1. The van der Waals surface area contributed by atoms with E-state index in [1.807, 2.05) is 6.92 Å². The summed E-state index contributed by atoms with van der Waals surface area (Å²) in [4.78, 5) is 10.7. The monoisotopic (exact) mass is 305 g/mol. The van der Waals surface area contributed by atoms with Gasteiger partial charge in [0.1, 0.15) is 0 Å². The molecule has 0 saturated carbocycles. The molecule has 19 heavy (non-hydrogen) atoms. The zero-order valence-corrected chi connectivity index (χ0v) is 12.1. The van der Waals surface area contributed by atoms with E-state index in [1.165, 1.54) is 12.1 Å². The van der Waals surface area contributed by atoms with Crippen LogP contribution < -0.4 is 4.72 Å². The number of carboxylic acids is 1. The SMILES string of the molecule is CCCCCNS(=O)(=O)c1ccc(C(=O)O)c(Cl)c1. The standard InChI is InChI=1S/C12H16ClNO4S/c1-2-3-4-7-14-19(17,18)9-5-6-10(12(15)16)11(13)8-9/h5-6,8,14H,2-4,7H2,1H3,(H,15,16). The van der Waals surface area contributed by atoms with Crippen molar-refractivity contribution in [3.63, 3.8) is 0 Å². The van der Waals surface area contributed by atoms with Gasteiger partial charge in [0.25, 0.3) is 0 Å². The number of nitrogens with one attached hydrogen (secondary N) is 1. The van der Waals surface area contributed by atoms with Crippen molar-refractivity contribution in [1.29, 1.82) is 0 Å². The normalized spacial score (nSPS) is 11.5. The van der Waals surface area contributed by atoms with E-state index in [0.717, 1.165) is 25.3 Å². The lowest BCUT2D eigenvalue weighted by Crippen LogP contribution is -2.24. The summed E-state index contributed by atoms with van der Waals surface area (Å²) in [6.07, 6.45) is 2.71. The van der Waals surface area contributed by atoms with Crippen molar-refractivity contribution in [2.45, 2.75) is 31.1 Å². The average molecular weight is 306 g/mol. The maximum atomic E-state index is 11.9. The largest absolute Gasteiger partial charge is 0.478 e. The molecule has 0 aliphatic rings. The molecule has 0 saturated heterocycles. The summed E-state index contributed by atoms with van der Waals surface area (Å²) in [6, 6.07) is 3.57. The zero-order chi connectivity index (χ0) is 14.5. The first-order valence-electron chi connectivity index (χ1n) is 5.91. The molecular formula is C12H16ClNO4S. The molecule has 0 unspecified atom stereocenters. The molecule has 2 N–H and O–H groups in total. The summed E-state index contributed by atoms with van der Waals surface area (Å²) < 4.78 is 26.3. The number of rotatable bonds is 7. The molecule has 0 fully saturated rings. The van der Waals surface area contributed by atoms with Crippen LogP contribution in [0, 0.1) is 0 Å². The molecule has 106 valence electrons. The summed E-state index contributed by atoms with van der Waals surface area (Å²) in [6.45, 7) is 2.38. The van der Waals surface area contributed by atoms with Crippen LogP contribution in [0.1, 0.15) is 36.5 Å². The predicted octanol–water partition coefficient (Wildman–Crippen LogP) is 2.51. The van der Waals surface area contributed by atoms with Gasteiger partial charge in [0.15, 0.2) is 0 Å². The first kappa shape index (κ1) is 15.9. The Hall–Kier alpha value is -1.11. The highest BCUT2D eigenvalue weighted by atomic mass is 35.5. The van der Waals surface area contributed by atoms with Crippen molar-refractivity contribution < 1.29 is 18.3 Å². The third-order valence-electron chi connectivity index (χ3n) is 2.55. The van der Waals surface area contributed by atoms with Gasteiger partial charge in [0.05, 0.1) is 15.5 Å². The third kappa shape index (κ3) is 4.49. The van der Waals surface area contributed by atoms with Gasteiger partial charge in [-0.05, 0) is 24.6 Å². The number of carboxylic acid groups (broad SMARTS) is 1. The molecule has 0 aliphatic heterocycles. The van der Waals surface area contributed by atoms with Crippen LogP contribution in [0.4, 0.5) is 0 Å². The predicted molar refractivity (Wildman–Crippen MR) is 73.1 cm³/mol. The molecule has 0 amide bonds. The second kappa shape index (κ2) is 6.88. The lowest BCUT2D eigenvalue weighted by Gasteiger charge is -2.07. The van der Waals surface area contributed by atoms with Crippen LogP contribution in [0.25, 0.3) is 0 Å². The fourth-order valence-corrected chi connectivity index (χ4v) is 2.93. The summed E-state index contributed by atoms with van der Waals surface area (Å²) in [5.41, 5.74) is -0.119. The van der Waals surface area contributed by atoms with Crippen molar-refractivity contribution in [3.05, 3.63) is 28.8 Å². The van der Waals surface area contributed by atoms with Gasteiger partial charge in [0, 0.05) is 6.54 Å². The van der Waals surface area contributed by atoms with Crippen LogP contribution in [0.5, 0.6) is 0 Å². The van der Waals surface area contributed by atoms with Gasteiger partial charge >= 0.3 is 5.97 Å². The molecule has 7 heteroatoms. The molecule has 0 aliphatic carbocycles. The number of benzene rings is 1. The summed E-state index contributed by atoms with van der Waals surface area (Å²) in [5.74, 6) is -1.19. The van der Waals surface area contributed by atoms with Gasteiger partial charge in [-0.3, -0.25) is 0 Å². The minimum absolute atomic E-state index is 0.0287. The smallest absolute Gasteiger partial charge is 0.337 e. The minimum Gasteiger partial charge on any atom is -0.478 e. The van der Waals surface area contributed by atoms with Gasteiger partial charge < -0.3 is 5.11 Å². The highest BCUT2D eigenvalue weighted by Gasteiger charge is 2.17. The second-order valence-corrected chi connectivity index (χ2v) is 6.23. The van der Waals surface area contributed by atoms with Gasteiger partial charge in [-0.15, -0.1) is 0 Å². The van der Waals surface area contributed by atoms with E-state index in [-0.39, 0.29) is 15.5 Å². The number of sulfonamides is 1. The third-order valence-corrected chi connectivity index (χ3v) is 4.33. The maximum Gasteiger partial charge on any atom is 0.337 e. The molecule has 5 nitrogen and oxygen atoms in total. The number of unbranched alkanes of at least 4 members (excludes halogenated alkanes) is 2. The van der Waals surface area contributed by atoms with E-state index in [9.17, 15) is 13.2 Å². The van der Waals surface area contributed by atoms with E-state index >= 15 is 0 Å². The van der Waals surface area contributed by atoms with Crippen molar-refractivity contribution in [2.24, 2.45) is 0 Å². The minimum atomic E-state index is -3.63. The Labute approximate surface area is 117 Å². The molecule has 0 bridgehead atoms. The van der Waals surface area contributed by atoms with Crippen LogP contribution in [0.3, 0.4) is 0 Å². The molecule has 0 atom stereocenters. The van der Waals surface area contributed by atoms with Crippen LogP contribution in [-0.2, 0) is 10.0 Å². The van der Waals surface area contributed by atoms with Crippen molar-refractivity contribution in [1.82, 2.24) is 4.72 Å². The van der Waals surface area contributed by atoms with Crippen molar-refractivity contribution in [2.75, 3.05) is 6.54 Å². The Morgan fingerprint density at radius 1 is 1.37 bits per heavy atom. The Morgan fingerprint density at radius 3 is 2.58 bits per heavy atom. The van der Waals surface area contributed by atoms with Crippen LogP contribution in [-0.4, -0.2) is 26.0 Å². The second-order valence-electron chi connectivity index (χ2n) is 4.05. The molecule has 1 rings (SSSR count). The summed E-state index contributed by atoms with van der Waals surface area (Å²) in [7, 11) is -3.63. The molecular weight excluding hydrogens is 290 g/mol. The van der Waals surface area contributed by atoms with Gasteiger partial charge in [-0.1, -0.05) is 31.4 Å². The first-order chi connectivity index (χ1) is 8.88. The maximum absolute atomic E-state index is 11.9. The van der Waals surface area contributed by atoms with Crippen LogP contribution >= 0.6 is 11.6 Å². The van der Waals surface area contributed by atoms with Gasteiger partial charge in [-0.2, -0.15) is 0 Å². The molecule has 1 aromatic carbocycles. The molecule has 0 aromatic heterocycles. The number of hydrogen-bond donors (Lipinski definition) is 2. The quantitative estimate of drug-likeness (QED) is 0.758. The highest BCUT2D eigenvalue weighted by Crippen LogP contribution is 2.20. The van der Waals surface area contributed by atoms with E-state index in [2.05, 4.69) is 4.72 Å². The van der Waals surface area contributed by atoms with E-state index in [4.69, 9.17) is 16.7 Å². The Kier molecular flexibility index (Phi) is 5.78.